The van der Waals surface area contributed by atoms with Gasteiger partial charge in [-0.2, -0.15) is 0 Å². The zero-order valence-corrected chi connectivity index (χ0v) is 20.0. The lowest BCUT2D eigenvalue weighted by molar-refractivity contribution is -0.139. The number of rotatable bonds is 8. The molecule has 1 saturated carbocycles. The fourth-order valence-electron chi connectivity index (χ4n) is 3.74. The molecule has 2 aromatic carbocycles. The van der Waals surface area contributed by atoms with Crippen LogP contribution in [0.2, 0.25) is 10.0 Å². The Labute approximate surface area is 198 Å². The number of nitrogens with one attached hydrogen (secondary N) is 1. The molecule has 0 heterocycles. The summed E-state index contributed by atoms with van der Waals surface area (Å²) < 4.78 is 0. The van der Waals surface area contributed by atoms with Gasteiger partial charge in [0.25, 0.3) is 0 Å². The van der Waals surface area contributed by atoms with Crippen molar-refractivity contribution in [1.29, 1.82) is 0 Å². The van der Waals surface area contributed by atoms with E-state index in [9.17, 15) is 9.59 Å². The first-order valence-corrected chi connectivity index (χ1v) is 12.4. The average molecular weight is 479 g/mol. The monoisotopic (exact) mass is 478 g/mol. The van der Waals surface area contributed by atoms with Crippen molar-refractivity contribution in [3.63, 3.8) is 0 Å². The third-order valence-corrected chi connectivity index (χ3v) is 7.02. The first-order valence-electron chi connectivity index (χ1n) is 10.6. The zero-order chi connectivity index (χ0) is 22.2. The predicted molar refractivity (Wildman–Crippen MR) is 129 cm³/mol. The molecule has 1 aliphatic carbocycles. The topological polar surface area (TPSA) is 49.4 Å². The first-order chi connectivity index (χ1) is 14.9. The van der Waals surface area contributed by atoms with E-state index in [1.54, 1.807) is 30.0 Å². The Morgan fingerprint density at radius 3 is 2.45 bits per heavy atom. The highest BCUT2D eigenvalue weighted by Crippen LogP contribution is 2.23. The second-order valence-electron chi connectivity index (χ2n) is 7.91. The SMILES string of the molecule is CC(C(=O)NC1CCCCC1)N(Cc1cccc(Cl)c1)C(=O)CSc1ccc(Cl)cc1. The van der Waals surface area contributed by atoms with Gasteiger partial charge in [-0.15, -0.1) is 11.8 Å². The smallest absolute Gasteiger partial charge is 0.242 e. The number of carbonyl (C=O) groups is 2. The van der Waals surface area contributed by atoms with Crippen molar-refractivity contribution < 1.29 is 9.59 Å². The van der Waals surface area contributed by atoms with Crippen molar-refractivity contribution in [2.24, 2.45) is 0 Å². The van der Waals surface area contributed by atoms with Gasteiger partial charge in [-0.3, -0.25) is 9.59 Å². The summed E-state index contributed by atoms with van der Waals surface area (Å²) >= 11 is 13.5. The third-order valence-electron chi connectivity index (χ3n) is 5.54. The number of halogens is 2. The van der Waals surface area contributed by atoms with Gasteiger partial charge in [-0.1, -0.05) is 54.6 Å². The molecule has 0 aromatic heterocycles. The summed E-state index contributed by atoms with van der Waals surface area (Å²) in [5.74, 6) is 0.0495. The van der Waals surface area contributed by atoms with Gasteiger partial charge >= 0.3 is 0 Å². The number of hydrogen-bond acceptors (Lipinski definition) is 3. The highest BCUT2D eigenvalue weighted by molar-refractivity contribution is 8.00. The van der Waals surface area contributed by atoms with Gasteiger partial charge in [0.2, 0.25) is 11.8 Å². The molecule has 0 radical (unpaired) electrons. The van der Waals surface area contributed by atoms with Crippen LogP contribution in [0.1, 0.15) is 44.6 Å². The van der Waals surface area contributed by atoms with Gasteiger partial charge in [0.1, 0.15) is 6.04 Å². The summed E-state index contributed by atoms with van der Waals surface area (Å²) in [4.78, 5) is 28.8. The minimum Gasteiger partial charge on any atom is -0.352 e. The number of hydrogen-bond donors (Lipinski definition) is 1. The molecule has 7 heteroatoms. The lowest BCUT2D eigenvalue weighted by atomic mass is 9.95. The van der Waals surface area contributed by atoms with E-state index in [4.69, 9.17) is 23.2 Å². The van der Waals surface area contributed by atoms with Crippen LogP contribution in [-0.4, -0.2) is 34.6 Å². The van der Waals surface area contributed by atoms with Gasteiger partial charge in [-0.25, -0.2) is 0 Å². The van der Waals surface area contributed by atoms with E-state index >= 15 is 0 Å². The molecule has 2 amide bonds. The molecule has 1 unspecified atom stereocenters. The predicted octanol–water partition coefficient (Wildman–Crippen LogP) is 5.95. The fourth-order valence-corrected chi connectivity index (χ4v) is 4.87. The Hall–Kier alpha value is -1.69. The number of amides is 2. The van der Waals surface area contributed by atoms with E-state index in [2.05, 4.69) is 5.32 Å². The van der Waals surface area contributed by atoms with Gasteiger partial charge in [0.05, 0.1) is 5.75 Å². The Balaban J connectivity index is 1.70. The van der Waals surface area contributed by atoms with E-state index in [-0.39, 0.29) is 23.6 Å². The van der Waals surface area contributed by atoms with Gasteiger partial charge < -0.3 is 10.2 Å². The molecule has 3 rings (SSSR count). The van der Waals surface area contributed by atoms with Crippen molar-refractivity contribution in [1.82, 2.24) is 10.2 Å². The second kappa shape index (κ2) is 11.8. The first kappa shape index (κ1) is 24.0. The molecule has 166 valence electrons. The van der Waals surface area contributed by atoms with Crippen LogP contribution in [0.3, 0.4) is 0 Å². The van der Waals surface area contributed by atoms with Crippen LogP contribution in [0.25, 0.3) is 0 Å². The van der Waals surface area contributed by atoms with Crippen molar-refractivity contribution in [2.75, 3.05) is 5.75 Å². The summed E-state index contributed by atoms with van der Waals surface area (Å²) in [6.45, 7) is 2.13. The maximum atomic E-state index is 13.2. The Kier molecular flexibility index (Phi) is 9.12. The van der Waals surface area contributed by atoms with Crippen molar-refractivity contribution in [3.8, 4) is 0 Å². The Morgan fingerprint density at radius 2 is 1.77 bits per heavy atom. The van der Waals surface area contributed by atoms with Gasteiger partial charge in [0.15, 0.2) is 0 Å². The van der Waals surface area contributed by atoms with E-state index in [1.165, 1.54) is 18.2 Å². The molecule has 0 spiro atoms. The summed E-state index contributed by atoms with van der Waals surface area (Å²) in [7, 11) is 0. The summed E-state index contributed by atoms with van der Waals surface area (Å²) in [5, 5.41) is 4.42. The number of thioether (sulfide) groups is 1. The van der Waals surface area contributed by atoms with Crippen LogP contribution in [0.15, 0.2) is 53.4 Å². The van der Waals surface area contributed by atoms with Gasteiger partial charge in [0, 0.05) is 27.5 Å². The molecule has 2 aromatic rings. The summed E-state index contributed by atoms with van der Waals surface area (Å²) in [6, 6.07) is 14.4. The van der Waals surface area contributed by atoms with Crippen LogP contribution in [0.5, 0.6) is 0 Å². The minimum atomic E-state index is -0.570. The van der Waals surface area contributed by atoms with E-state index < -0.39 is 6.04 Å². The molecule has 31 heavy (non-hydrogen) atoms. The van der Waals surface area contributed by atoms with Crippen LogP contribution in [0.4, 0.5) is 0 Å². The lowest BCUT2D eigenvalue weighted by Crippen LogP contribution is -2.50. The zero-order valence-electron chi connectivity index (χ0n) is 17.7. The standard InChI is InChI=1S/C24H28Cl2N2O2S/c1-17(24(30)27-21-8-3-2-4-9-21)28(15-18-6-5-7-20(26)14-18)23(29)16-31-22-12-10-19(25)11-13-22/h5-7,10-14,17,21H,2-4,8-9,15-16H2,1H3,(H,27,30). The van der Waals surface area contributed by atoms with E-state index in [0.717, 1.165) is 36.1 Å². The Bertz CT molecular complexity index is 885. The van der Waals surface area contributed by atoms with E-state index in [0.29, 0.717) is 16.6 Å². The molecule has 1 atom stereocenters. The van der Waals surface area contributed by atoms with Crippen LogP contribution in [0, 0.1) is 0 Å². The molecular formula is C24H28Cl2N2O2S. The Morgan fingerprint density at radius 1 is 1.06 bits per heavy atom. The van der Waals surface area contributed by atoms with Crippen molar-refractivity contribution in [3.05, 3.63) is 64.1 Å². The maximum Gasteiger partial charge on any atom is 0.242 e. The van der Waals surface area contributed by atoms with E-state index in [1.807, 2.05) is 30.3 Å². The largest absolute Gasteiger partial charge is 0.352 e. The highest BCUT2D eigenvalue weighted by Gasteiger charge is 2.28. The fraction of sp³-hybridized carbons (Fsp3) is 0.417. The normalized spacial score (nSPS) is 15.3. The number of nitrogens with zero attached hydrogens (tertiary/aromatic N) is 1. The third kappa shape index (κ3) is 7.44. The minimum absolute atomic E-state index is 0.0915. The molecule has 1 fully saturated rings. The highest BCUT2D eigenvalue weighted by atomic mass is 35.5. The quantitative estimate of drug-likeness (QED) is 0.476. The van der Waals surface area contributed by atoms with Gasteiger partial charge in [-0.05, 0) is 61.7 Å². The molecule has 4 nitrogen and oxygen atoms in total. The number of benzene rings is 2. The second-order valence-corrected chi connectivity index (χ2v) is 9.84. The maximum absolute atomic E-state index is 13.2. The van der Waals surface area contributed by atoms with Crippen LogP contribution >= 0.6 is 35.0 Å². The average Bonchev–Trinajstić information content (AvgIpc) is 2.77. The number of carbonyl (C=O) groups excluding carboxylic acids is 2. The van der Waals surface area contributed by atoms with Crippen LogP contribution in [-0.2, 0) is 16.1 Å². The molecule has 1 N–H and O–H groups in total. The van der Waals surface area contributed by atoms with Crippen LogP contribution < -0.4 is 5.32 Å². The summed E-state index contributed by atoms with van der Waals surface area (Å²) in [5.41, 5.74) is 0.898. The van der Waals surface area contributed by atoms with Crippen molar-refractivity contribution >= 4 is 46.8 Å². The molecule has 0 aliphatic heterocycles. The lowest BCUT2D eigenvalue weighted by Gasteiger charge is -2.31. The summed E-state index contributed by atoms with van der Waals surface area (Å²) in [6.07, 6.45) is 5.52. The molecular weight excluding hydrogens is 451 g/mol. The molecule has 0 bridgehead atoms. The molecule has 0 saturated heterocycles. The molecule has 1 aliphatic rings. The van der Waals surface area contributed by atoms with Crippen molar-refractivity contribution in [2.45, 2.75) is 62.6 Å².